The molecule has 1 amide bonds. The van der Waals surface area contributed by atoms with E-state index in [0.29, 0.717) is 46.7 Å². The Hall–Kier alpha value is -2.24. The summed E-state index contributed by atoms with van der Waals surface area (Å²) in [6, 6.07) is 9.79. The summed E-state index contributed by atoms with van der Waals surface area (Å²) in [6.07, 6.45) is 6.71. The maximum atomic E-state index is 13.9. The molecular formula is C28H34ClN3O5S2. The summed E-state index contributed by atoms with van der Waals surface area (Å²) in [6.45, 7) is 3.30. The van der Waals surface area contributed by atoms with E-state index in [2.05, 4.69) is 0 Å². The number of hydrogen-bond acceptors (Lipinski definition) is 7. The number of ether oxygens (including phenoxy) is 2. The highest BCUT2D eigenvalue weighted by Crippen LogP contribution is 2.39. The third kappa shape index (κ3) is 5.81. The molecular weight excluding hydrogens is 558 g/mol. The molecule has 2 fully saturated rings. The monoisotopic (exact) mass is 591 g/mol. The zero-order valence-electron chi connectivity index (χ0n) is 22.3. The van der Waals surface area contributed by atoms with Crippen molar-refractivity contribution in [3.05, 3.63) is 47.0 Å². The van der Waals surface area contributed by atoms with E-state index in [1.165, 1.54) is 23.5 Å². The van der Waals surface area contributed by atoms with Crippen LogP contribution in [-0.4, -0.2) is 62.6 Å². The largest absolute Gasteiger partial charge is 0.494 e. The first kappa shape index (κ1) is 28.3. The Bertz CT molecular complexity index is 1410. The van der Waals surface area contributed by atoms with Crippen molar-refractivity contribution in [2.45, 2.75) is 68.9 Å². The smallest absolute Gasteiger partial charge is 0.260 e. The van der Waals surface area contributed by atoms with Crippen molar-refractivity contribution >= 4 is 54.2 Å². The van der Waals surface area contributed by atoms with Crippen molar-refractivity contribution in [2.75, 3.05) is 31.7 Å². The molecule has 210 valence electrons. The predicted molar refractivity (Wildman–Crippen MR) is 155 cm³/mol. The van der Waals surface area contributed by atoms with Crippen molar-refractivity contribution in [1.29, 1.82) is 0 Å². The molecule has 0 N–H and O–H groups in total. The van der Waals surface area contributed by atoms with Crippen molar-refractivity contribution in [3.63, 3.8) is 0 Å². The molecule has 5 rings (SSSR count). The topological polar surface area (TPSA) is 89.0 Å². The number of aromatic nitrogens is 1. The van der Waals surface area contributed by atoms with Crippen LogP contribution in [-0.2, 0) is 14.8 Å². The first-order chi connectivity index (χ1) is 18.8. The third-order valence-electron chi connectivity index (χ3n) is 7.55. The van der Waals surface area contributed by atoms with Crippen LogP contribution in [0.3, 0.4) is 0 Å². The average molecular weight is 592 g/mol. The molecule has 1 saturated carbocycles. The zero-order valence-corrected chi connectivity index (χ0v) is 24.7. The molecule has 3 aromatic rings. The van der Waals surface area contributed by atoms with Gasteiger partial charge in [-0.1, -0.05) is 49.1 Å². The molecule has 0 radical (unpaired) electrons. The fraction of sp³-hybridized carbons (Fsp3) is 0.500. The Kier molecular flexibility index (Phi) is 8.78. The minimum Gasteiger partial charge on any atom is -0.494 e. The number of anilines is 1. The number of hydrogen-bond donors (Lipinski definition) is 0. The number of methoxy groups -OCH3 is 1. The summed E-state index contributed by atoms with van der Waals surface area (Å²) in [5.41, 5.74) is 0.976. The van der Waals surface area contributed by atoms with Crippen LogP contribution >= 0.6 is 22.9 Å². The van der Waals surface area contributed by atoms with Crippen molar-refractivity contribution < 1.29 is 22.7 Å². The number of nitrogens with zero attached hydrogens (tertiary/aromatic N) is 3. The predicted octanol–water partition coefficient (Wildman–Crippen LogP) is 6.13. The summed E-state index contributed by atoms with van der Waals surface area (Å²) >= 11 is 7.77. The second-order valence-electron chi connectivity index (χ2n) is 10.00. The highest BCUT2D eigenvalue weighted by atomic mass is 35.5. The highest BCUT2D eigenvalue weighted by molar-refractivity contribution is 7.89. The van der Waals surface area contributed by atoms with Crippen LogP contribution < -0.4 is 9.64 Å². The Balaban J connectivity index is 1.45. The molecule has 2 aromatic carbocycles. The van der Waals surface area contributed by atoms with Gasteiger partial charge in [0.15, 0.2) is 5.13 Å². The van der Waals surface area contributed by atoms with Gasteiger partial charge in [0.1, 0.15) is 11.3 Å². The lowest BCUT2D eigenvalue weighted by atomic mass is 9.95. The van der Waals surface area contributed by atoms with E-state index in [1.807, 2.05) is 6.92 Å². The van der Waals surface area contributed by atoms with Gasteiger partial charge in [0.2, 0.25) is 10.0 Å². The van der Waals surface area contributed by atoms with Crippen LogP contribution in [0.5, 0.6) is 5.75 Å². The molecule has 1 unspecified atom stereocenters. The second-order valence-corrected chi connectivity index (χ2v) is 13.3. The average Bonchev–Trinajstić information content (AvgIpc) is 3.63. The van der Waals surface area contributed by atoms with E-state index in [0.717, 1.165) is 49.6 Å². The van der Waals surface area contributed by atoms with Gasteiger partial charge in [0.05, 0.1) is 34.4 Å². The quantitative estimate of drug-likeness (QED) is 0.297. The Morgan fingerprint density at radius 2 is 1.85 bits per heavy atom. The van der Waals surface area contributed by atoms with E-state index in [4.69, 9.17) is 26.1 Å². The Morgan fingerprint density at radius 3 is 2.49 bits per heavy atom. The van der Waals surface area contributed by atoms with E-state index < -0.39 is 10.0 Å². The Labute approximate surface area is 238 Å². The number of thiazole rings is 1. The molecule has 2 heterocycles. The van der Waals surface area contributed by atoms with Gasteiger partial charge in [0, 0.05) is 24.8 Å². The van der Waals surface area contributed by atoms with Crippen LogP contribution in [0.15, 0.2) is 41.3 Å². The van der Waals surface area contributed by atoms with Crippen LogP contribution in [0.4, 0.5) is 5.13 Å². The zero-order chi connectivity index (χ0) is 27.6. The number of halogens is 1. The third-order valence-corrected chi connectivity index (χ3v) is 11.1. The number of carbonyl (C=O) groups excluding carboxylic acids is 1. The van der Waals surface area contributed by atoms with Crippen molar-refractivity contribution in [3.8, 4) is 5.75 Å². The number of rotatable bonds is 9. The van der Waals surface area contributed by atoms with E-state index in [-0.39, 0.29) is 22.9 Å². The second kappa shape index (κ2) is 12.1. The summed E-state index contributed by atoms with van der Waals surface area (Å²) < 4.78 is 40.7. The molecule has 1 aromatic heterocycles. The summed E-state index contributed by atoms with van der Waals surface area (Å²) in [4.78, 5) is 20.4. The van der Waals surface area contributed by atoms with Crippen molar-refractivity contribution in [2.24, 2.45) is 0 Å². The summed E-state index contributed by atoms with van der Waals surface area (Å²) in [7, 11) is -2.09. The molecule has 8 nitrogen and oxygen atoms in total. The molecule has 1 aliphatic heterocycles. The molecule has 1 saturated heterocycles. The van der Waals surface area contributed by atoms with Gasteiger partial charge in [-0.2, -0.15) is 4.31 Å². The molecule has 0 spiro atoms. The van der Waals surface area contributed by atoms with Gasteiger partial charge in [-0.25, -0.2) is 13.4 Å². The summed E-state index contributed by atoms with van der Waals surface area (Å²) in [5.74, 6) is 0.303. The van der Waals surface area contributed by atoms with Gasteiger partial charge < -0.3 is 9.47 Å². The number of amides is 1. The fourth-order valence-corrected chi connectivity index (χ4v) is 8.47. The minimum atomic E-state index is -3.66. The van der Waals surface area contributed by atoms with Gasteiger partial charge in [0.25, 0.3) is 5.91 Å². The lowest BCUT2D eigenvalue weighted by Gasteiger charge is -2.32. The minimum absolute atomic E-state index is 0.0276. The first-order valence-corrected chi connectivity index (χ1v) is 16.1. The SMILES string of the molecule is CCN(C1CCCCC1)S(=O)(=O)c1ccc(C(=O)N(CC2CCCO2)c2nc3c(OC)ccc(Cl)c3s2)cc1. The van der Waals surface area contributed by atoms with Gasteiger partial charge in [-0.05, 0) is 62.1 Å². The van der Waals surface area contributed by atoms with Crippen LogP contribution in [0.2, 0.25) is 5.02 Å². The summed E-state index contributed by atoms with van der Waals surface area (Å²) in [5, 5.41) is 1.02. The van der Waals surface area contributed by atoms with Gasteiger partial charge >= 0.3 is 0 Å². The van der Waals surface area contributed by atoms with Crippen LogP contribution in [0, 0.1) is 0 Å². The van der Waals surface area contributed by atoms with Crippen LogP contribution in [0.1, 0.15) is 62.2 Å². The molecule has 1 aliphatic carbocycles. The molecule has 11 heteroatoms. The van der Waals surface area contributed by atoms with Gasteiger partial charge in [-0.3, -0.25) is 9.69 Å². The van der Waals surface area contributed by atoms with Crippen LogP contribution in [0.25, 0.3) is 10.2 Å². The molecule has 2 aliphatic rings. The maximum Gasteiger partial charge on any atom is 0.260 e. The fourth-order valence-electron chi connectivity index (χ4n) is 5.52. The number of carbonyl (C=O) groups is 1. The first-order valence-electron chi connectivity index (χ1n) is 13.5. The number of sulfonamides is 1. The van der Waals surface area contributed by atoms with E-state index in [9.17, 15) is 13.2 Å². The molecule has 1 atom stereocenters. The van der Waals surface area contributed by atoms with E-state index in [1.54, 1.807) is 40.6 Å². The highest BCUT2D eigenvalue weighted by Gasteiger charge is 2.32. The molecule has 0 bridgehead atoms. The number of benzene rings is 2. The van der Waals surface area contributed by atoms with Crippen molar-refractivity contribution in [1.82, 2.24) is 9.29 Å². The maximum absolute atomic E-state index is 13.9. The number of fused-ring (bicyclic) bond motifs is 1. The lowest BCUT2D eigenvalue weighted by molar-refractivity contribution is 0.0917. The lowest BCUT2D eigenvalue weighted by Crippen LogP contribution is -2.41. The normalized spacial score (nSPS) is 18.6. The Morgan fingerprint density at radius 1 is 1.10 bits per heavy atom. The van der Waals surface area contributed by atoms with Gasteiger partial charge in [-0.15, -0.1) is 0 Å². The standard InChI is InChI=1S/C28H34ClN3O5S2/c1-3-32(20-8-5-4-6-9-20)39(34,35)22-13-11-19(12-14-22)27(33)31(18-21-10-7-17-37-21)28-30-25-24(36-2)16-15-23(29)26(25)38-28/h11-16,20-21H,3-10,17-18H2,1-2H3. The molecule has 39 heavy (non-hydrogen) atoms. The van der Waals surface area contributed by atoms with E-state index >= 15 is 0 Å².